The Morgan fingerprint density at radius 1 is 1.08 bits per heavy atom. The molecule has 0 atom stereocenters. The Labute approximate surface area is 144 Å². The van der Waals surface area contributed by atoms with Crippen molar-refractivity contribution in [2.24, 2.45) is 10.2 Å². The molecule has 2 heterocycles. The van der Waals surface area contributed by atoms with E-state index in [2.05, 4.69) is 15.2 Å². The van der Waals surface area contributed by atoms with Crippen LogP contribution in [0.2, 0.25) is 0 Å². The Morgan fingerprint density at radius 3 is 2.60 bits per heavy atom. The Kier molecular flexibility index (Phi) is 5.03. The predicted octanol–water partition coefficient (Wildman–Crippen LogP) is 4.33. The first-order valence-corrected chi connectivity index (χ1v) is 8.01. The van der Waals surface area contributed by atoms with Gasteiger partial charge in [-0.2, -0.15) is 0 Å². The number of aromatic nitrogens is 2. The van der Waals surface area contributed by atoms with Crippen molar-refractivity contribution >= 4 is 23.1 Å². The van der Waals surface area contributed by atoms with Crippen molar-refractivity contribution in [1.82, 2.24) is 9.38 Å². The minimum Gasteiger partial charge on any atom is -0.494 e. The van der Waals surface area contributed by atoms with Crippen LogP contribution in [0, 0.1) is 0 Å². The van der Waals surface area contributed by atoms with Crippen LogP contribution in [0.25, 0.3) is 5.65 Å². The number of azo groups is 1. The van der Waals surface area contributed by atoms with E-state index in [0.29, 0.717) is 23.8 Å². The van der Waals surface area contributed by atoms with Gasteiger partial charge in [-0.15, -0.1) is 10.2 Å². The van der Waals surface area contributed by atoms with Crippen molar-refractivity contribution in [3.05, 3.63) is 54.4 Å². The van der Waals surface area contributed by atoms with Crippen molar-refractivity contribution in [2.75, 3.05) is 13.2 Å². The number of benzene rings is 1. The molecule has 7 nitrogen and oxygen atoms in total. The number of fused-ring (bicyclic) bond motifs is 1. The van der Waals surface area contributed by atoms with Crippen LogP contribution in [0.15, 0.2) is 58.9 Å². The van der Waals surface area contributed by atoms with Gasteiger partial charge in [-0.3, -0.25) is 4.40 Å². The number of esters is 1. The highest BCUT2D eigenvalue weighted by molar-refractivity contribution is 5.93. The fourth-order valence-electron chi connectivity index (χ4n) is 2.30. The van der Waals surface area contributed by atoms with Gasteiger partial charge >= 0.3 is 5.97 Å². The third-order valence-corrected chi connectivity index (χ3v) is 3.38. The van der Waals surface area contributed by atoms with Crippen molar-refractivity contribution in [3.8, 4) is 5.75 Å². The molecule has 0 saturated heterocycles. The summed E-state index contributed by atoms with van der Waals surface area (Å²) in [6, 6.07) is 12.7. The van der Waals surface area contributed by atoms with Crippen LogP contribution in [0.1, 0.15) is 24.3 Å². The maximum Gasteiger partial charge on any atom is 0.360 e. The largest absolute Gasteiger partial charge is 0.494 e. The molecular weight excluding hydrogens is 320 g/mol. The van der Waals surface area contributed by atoms with Crippen molar-refractivity contribution in [3.63, 3.8) is 0 Å². The highest BCUT2D eigenvalue weighted by atomic mass is 16.5. The Hall–Kier alpha value is -3.22. The van der Waals surface area contributed by atoms with Gasteiger partial charge in [0.05, 0.1) is 18.9 Å². The van der Waals surface area contributed by atoms with E-state index in [-0.39, 0.29) is 12.3 Å². The van der Waals surface area contributed by atoms with E-state index in [0.717, 1.165) is 5.75 Å². The van der Waals surface area contributed by atoms with Crippen LogP contribution in [-0.2, 0) is 4.74 Å². The number of imidazole rings is 1. The smallest absolute Gasteiger partial charge is 0.360 e. The van der Waals surface area contributed by atoms with Gasteiger partial charge in [0.2, 0.25) is 0 Å². The monoisotopic (exact) mass is 338 g/mol. The summed E-state index contributed by atoms with van der Waals surface area (Å²) in [6.07, 6.45) is 1.78. The number of carbonyl (C=O) groups is 1. The van der Waals surface area contributed by atoms with Gasteiger partial charge in [0, 0.05) is 6.20 Å². The van der Waals surface area contributed by atoms with E-state index in [1.54, 1.807) is 35.7 Å². The van der Waals surface area contributed by atoms with Crippen molar-refractivity contribution < 1.29 is 14.3 Å². The molecule has 7 heteroatoms. The fourth-order valence-corrected chi connectivity index (χ4v) is 2.30. The van der Waals surface area contributed by atoms with E-state index in [1.807, 2.05) is 31.2 Å². The molecule has 25 heavy (non-hydrogen) atoms. The molecular formula is C18H18N4O3. The molecule has 128 valence electrons. The second-order valence-corrected chi connectivity index (χ2v) is 5.06. The first-order chi connectivity index (χ1) is 12.2. The molecule has 0 unspecified atom stereocenters. The van der Waals surface area contributed by atoms with E-state index >= 15 is 0 Å². The molecule has 1 aromatic carbocycles. The second-order valence-electron chi connectivity index (χ2n) is 5.06. The Balaban J connectivity index is 1.96. The molecule has 3 aromatic rings. The van der Waals surface area contributed by atoms with Crippen molar-refractivity contribution in [2.45, 2.75) is 13.8 Å². The summed E-state index contributed by atoms with van der Waals surface area (Å²) < 4.78 is 12.2. The lowest BCUT2D eigenvalue weighted by Gasteiger charge is -2.02. The Bertz CT molecular complexity index is 900. The first-order valence-electron chi connectivity index (χ1n) is 8.01. The lowest BCUT2D eigenvalue weighted by molar-refractivity contribution is 0.0521. The van der Waals surface area contributed by atoms with Crippen LogP contribution in [0.4, 0.5) is 11.5 Å². The molecule has 0 saturated carbocycles. The van der Waals surface area contributed by atoms with Crippen LogP contribution >= 0.6 is 0 Å². The molecule has 0 spiro atoms. The third-order valence-electron chi connectivity index (χ3n) is 3.38. The normalized spacial score (nSPS) is 11.1. The highest BCUT2D eigenvalue weighted by Gasteiger charge is 2.20. The summed E-state index contributed by atoms with van der Waals surface area (Å²) in [5, 5.41) is 8.43. The number of pyridine rings is 1. The number of carbonyl (C=O) groups excluding carboxylic acids is 1. The van der Waals surface area contributed by atoms with Gasteiger partial charge in [-0.05, 0) is 50.2 Å². The number of hydrogen-bond acceptors (Lipinski definition) is 6. The molecule has 0 aliphatic rings. The molecule has 0 N–H and O–H groups in total. The van der Waals surface area contributed by atoms with Crippen LogP contribution < -0.4 is 4.74 Å². The second kappa shape index (κ2) is 7.57. The number of hydrogen-bond donors (Lipinski definition) is 0. The molecule has 0 radical (unpaired) electrons. The van der Waals surface area contributed by atoms with E-state index in [9.17, 15) is 4.79 Å². The quantitative estimate of drug-likeness (QED) is 0.495. The van der Waals surface area contributed by atoms with Gasteiger partial charge in [0.1, 0.15) is 11.4 Å². The molecule has 0 fully saturated rings. The first kappa shape index (κ1) is 16.6. The number of nitrogens with zero attached hydrogens (tertiary/aromatic N) is 4. The number of ether oxygens (including phenoxy) is 2. The maximum absolute atomic E-state index is 12.1. The maximum atomic E-state index is 12.1. The predicted molar refractivity (Wildman–Crippen MR) is 92.9 cm³/mol. The van der Waals surface area contributed by atoms with Crippen LogP contribution in [0.5, 0.6) is 5.75 Å². The summed E-state index contributed by atoms with van der Waals surface area (Å²) in [5.74, 6) is 0.582. The van der Waals surface area contributed by atoms with Gasteiger partial charge in [0.15, 0.2) is 11.5 Å². The van der Waals surface area contributed by atoms with Gasteiger partial charge in [-0.25, -0.2) is 9.78 Å². The summed E-state index contributed by atoms with van der Waals surface area (Å²) in [4.78, 5) is 16.4. The summed E-state index contributed by atoms with van der Waals surface area (Å²) in [5.41, 5.74) is 1.39. The van der Waals surface area contributed by atoms with Gasteiger partial charge in [-0.1, -0.05) is 6.07 Å². The molecule has 2 aromatic heterocycles. The minimum absolute atomic E-state index is 0.141. The number of rotatable bonds is 6. The molecule has 0 aliphatic heterocycles. The molecule has 0 bridgehead atoms. The van der Waals surface area contributed by atoms with E-state index in [1.165, 1.54) is 0 Å². The van der Waals surface area contributed by atoms with E-state index in [4.69, 9.17) is 9.47 Å². The highest BCUT2D eigenvalue weighted by Crippen LogP contribution is 2.25. The zero-order valence-corrected chi connectivity index (χ0v) is 14.0. The SMILES string of the molecule is CCOC(=O)c1nc2ccccn2c1N=Nc1ccc(OCC)cc1. The lowest BCUT2D eigenvalue weighted by Crippen LogP contribution is -2.05. The molecule has 0 aliphatic carbocycles. The minimum atomic E-state index is -0.521. The van der Waals surface area contributed by atoms with Gasteiger partial charge in [0.25, 0.3) is 0 Å². The third kappa shape index (κ3) is 3.65. The topological polar surface area (TPSA) is 77.5 Å². The zero-order valence-electron chi connectivity index (χ0n) is 14.0. The Morgan fingerprint density at radius 2 is 1.88 bits per heavy atom. The standard InChI is InChI=1S/C18H18N4O3/c1-3-24-14-10-8-13(9-11-14)20-21-17-16(18(23)25-4-2)19-15-7-5-6-12-22(15)17/h5-12H,3-4H2,1-2H3. The average molecular weight is 338 g/mol. The van der Waals surface area contributed by atoms with Crippen LogP contribution in [0.3, 0.4) is 0 Å². The van der Waals surface area contributed by atoms with Crippen molar-refractivity contribution in [1.29, 1.82) is 0 Å². The van der Waals surface area contributed by atoms with Crippen LogP contribution in [-0.4, -0.2) is 28.6 Å². The van der Waals surface area contributed by atoms with E-state index < -0.39 is 5.97 Å². The fraction of sp³-hybridized carbons (Fsp3) is 0.222. The lowest BCUT2D eigenvalue weighted by atomic mass is 10.3. The summed E-state index contributed by atoms with van der Waals surface area (Å²) >= 11 is 0. The van der Waals surface area contributed by atoms with Gasteiger partial charge < -0.3 is 9.47 Å². The zero-order chi connectivity index (χ0) is 17.6. The molecule has 0 amide bonds. The summed E-state index contributed by atoms with van der Waals surface area (Å²) in [6.45, 7) is 4.54. The summed E-state index contributed by atoms with van der Waals surface area (Å²) in [7, 11) is 0. The molecule has 3 rings (SSSR count). The average Bonchev–Trinajstić information content (AvgIpc) is 3.00.